The van der Waals surface area contributed by atoms with E-state index in [0.29, 0.717) is 10.2 Å². The largest absolute Gasteiger partial charge is 0.388 e. The second-order valence-electron chi connectivity index (χ2n) is 4.45. The summed E-state index contributed by atoms with van der Waals surface area (Å²) in [5.74, 6) is 0.400. The number of sulfonamides is 1. The number of hydrogen-bond acceptors (Lipinski definition) is 4. The van der Waals surface area contributed by atoms with Crippen molar-refractivity contribution in [3.8, 4) is 0 Å². The van der Waals surface area contributed by atoms with Crippen molar-refractivity contribution in [1.82, 2.24) is 4.72 Å². The zero-order valence-electron chi connectivity index (χ0n) is 10.8. The molecule has 0 saturated heterocycles. The van der Waals surface area contributed by atoms with Crippen LogP contribution in [0.5, 0.6) is 0 Å². The minimum Gasteiger partial charge on any atom is -0.388 e. The van der Waals surface area contributed by atoms with Gasteiger partial charge in [0.2, 0.25) is 10.0 Å². The third-order valence-electron chi connectivity index (χ3n) is 2.33. The Morgan fingerprint density at radius 3 is 2.35 bits per heavy atom. The van der Waals surface area contributed by atoms with Gasteiger partial charge in [0.25, 0.3) is 0 Å². The number of rotatable bonds is 6. The lowest BCUT2D eigenvalue weighted by Crippen LogP contribution is -2.42. The van der Waals surface area contributed by atoms with Gasteiger partial charge in [0.1, 0.15) is 4.90 Å². The zero-order chi connectivity index (χ0) is 15.6. The molecule has 0 aliphatic carbocycles. The molecule has 0 saturated carbocycles. The number of nitrogens with one attached hydrogen (secondary N) is 1. The summed E-state index contributed by atoms with van der Waals surface area (Å²) in [6.45, 7) is 1.43. The van der Waals surface area contributed by atoms with E-state index in [-0.39, 0.29) is 21.5 Å². The standard InChI is InChI=1S/C11H14BrCl2NO3S2/c1-11(16,6-19-2)5-15-20(17,18)10-8(13)3-7(12)4-9(10)14/h3-4,15-16H,5-6H2,1-2H3. The molecule has 1 aromatic rings. The first kappa shape index (κ1) is 18.5. The molecule has 0 spiro atoms. The topological polar surface area (TPSA) is 66.4 Å². The van der Waals surface area contributed by atoms with Crippen LogP contribution in [0.2, 0.25) is 10.0 Å². The molecule has 0 aliphatic rings. The molecule has 9 heteroatoms. The van der Waals surface area contributed by atoms with Gasteiger partial charge in [0.05, 0.1) is 15.6 Å². The van der Waals surface area contributed by atoms with E-state index in [1.54, 1.807) is 6.92 Å². The first-order valence-electron chi connectivity index (χ1n) is 5.44. The molecule has 1 rings (SSSR count). The van der Waals surface area contributed by atoms with Crippen LogP contribution >= 0.6 is 50.9 Å². The van der Waals surface area contributed by atoms with Crippen LogP contribution in [0.3, 0.4) is 0 Å². The molecule has 0 amide bonds. The van der Waals surface area contributed by atoms with Crippen molar-refractivity contribution >= 4 is 60.9 Å². The molecule has 0 aromatic heterocycles. The van der Waals surface area contributed by atoms with Crippen molar-refractivity contribution in [3.63, 3.8) is 0 Å². The Morgan fingerprint density at radius 2 is 1.90 bits per heavy atom. The van der Waals surface area contributed by atoms with E-state index in [0.717, 1.165) is 0 Å². The smallest absolute Gasteiger partial charge is 0.243 e. The fourth-order valence-electron chi connectivity index (χ4n) is 1.47. The van der Waals surface area contributed by atoms with Crippen molar-refractivity contribution in [2.24, 2.45) is 0 Å². The molecule has 1 unspecified atom stereocenters. The maximum absolute atomic E-state index is 12.2. The predicted molar refractivity (Wildman–Crippen MR) is 88.4 cm³/mol. The first-order valence-corrected chi connectivity index (χ1v) is 9.87. The molecule has 0 heterocycles. The summed E-state index contributed by atoms with van der Waals surface area (Å²) in [5.41, 5.74) is -1.15. The Morgan fingerprint density at radius 1 is 1.40 bits per heavy atom. The molecular weight excluding hydrogens is 409 g/mol. The molecule has 4 nitrogen and oxygen atoms in total. The van der Waals surface area contributed by atoms with Crippen LogP contribution in [0.25, 0.3) is 0 Å². The maximum Gasteiger partial charge on any atom is 0.243 e. The van der Waals surface area contributed by atoms with E-state index >= 15 is 0 Å². The normalized spacial score (nSPS) is 15.1. The molecular formula is C11H14BrCl2NO3S2. The van der Waals surface area contributed by atoms with E-state index < -0.39 is 15.6 Å². The minimum absolute atomic E-state index is 0.0152. The lowest BCUT2D eigenvalue weighted by Gasteiger charge is -2.22. The lowest BCUT2D eigenvalue weighted by atomic mass is 10.1. The summed E-state index contributed by atoms with van der Waals surface area (Å²) >= 11 is 16.5. The van der Waals surface area contributed by atoms with Crippen LogP contribution in [0.1, 0.15) is 6.92 Å². The van der Waals surface area contributed by atoms with E-state index in [2.05, 4.69) is 20.7 Å². The van der Waals surface area contributed by atoms with Gasteiger partial charge >= 0.3 is 0 Å². The highest BCUT2D eigenvalue weighted by Crippen LogP contribution is 2.32. The van der Waals surface area contributed by atoms with Gasteiger partial charge in [-0.3, -0.25) is 0 Å². The summed E-state index contributed by atoms with van der Waals surface area (Å²) < 4.78 is 27.4. The Balaban J connectivity index is 3.01. The van der Waals surface area contributed by atoms with Crippen LogP contribution < -0.4 is 4.72 Å². The summed E-state index contributed by atoms with van der Waals surface area (Å²) in [6, 6.07) is 2.89. The van der Waals surface area contributed by atoms with Gasteiger partial charge in [-0.2, -0.15) is 11.8 Å². The van der Waals surface area contributed by atoms with Gasteiger partial charge in [-0.05, 0) is 25.3 Å². The van der Waals surface area contributed by atoms with Gasteiger partial charge in [0.15, 0.2) is 0 Å². The highest BCUT2D eigenvalue weighted by Gasteiger charge is 2.27. The Kier molecular flexibility index (Phi) is 6.65. The van der Waals surface area contributed by atoms with E-state index in [1.807, 2.05) is 6.26 Å². The average molecular weight is 423 g/mol. The van der Waals surface area contributed by atoms with Crippen LogP contribution in [-0.4, -0.2) is 37.7 Å². The van der Waals surface area contributed by atoms with Crippen molar-refractivity contribution < 1.29 is 13.5 Å². The van der Waals surface area contributed by atoms with Crippen LogP contribution in [0, 0.1) is 0 Å². The lowest BCUT2D eigenvalue weighted by molar-refractivity contribution is 0.0908. The second-order valence-corrected chi connectivity index (χ2v) is 8.75. The molecule has 1 atom stereocenters. The SMILES string of the molecule is CSCC(C)(O)CNS(=O)(=O)c1c(Cl)cc(Br)cc1Cl. The second kappa shape index (κ2) is 7.17. The van der Waals surface area contributed by atoms with Crippen molar-refractivity contribution in [3.05, 3.63) is 26.7 Å². The van der Waals surface area contributed by atoms with Crippen LogP contribution in [0.4, 0.5) is 0 Å². The van der Waals surface area contributed by atoms with Gasteiger partial charge in [-0.25, -0.2) is 13.1 Å². The van der Waals surface area contributed by atoms with Gasteiger partial charge in [-0.1, -0.05) is 39.1 Å². The highest BCUT2D eigenvalue weighted by atomic mass is 79.9. The molecule has 1 aromatic carbocycles. The molecule has 0 aliphatic heterocycles. The van der Waals surface area contributed by atoms with E-state index in [9.17, 15) is 13.5 Å². The highest BCUT2D eigenvalue weighted by molar-refractivity contribution is 9.10. The van der Waals surface area contributed by atoms with Crippen molar-refractivity contribution in [1.29, 1.82) is 0 Å². The molecule has 20 heavy (non-hydrogen) atoms. The van der Waals surface area contributed by atoms with Gasteiger partial charge < -0.3 is 5.11 Å². The average Bonchev–Trinajstić information content (AvgIpc) is 2.24. The Hall–Kier alpha value is 0.500. The summed E-state index contributed by atoms with van der Waals surface area (Å²) in [6.07, 6.45) is 1.82. The van der Waals surface area contributed by atoms with Crippen molar-refractivity contribution in [2.75, 3.05) is 18.6 Å². The van der Waals surface area contributed by atoms with E-state index in [1.165, 1.54) is 23.9 Å². The monoisotopic (exact) mass is 421 g/mol. The zero-order valence-corrected chi connectivity index (χ0v) is 15.5. The first-order chi connectivity index (χ1) is 9.09. The molecule has 0 radical (unpaired) electrons. The fourth-order valence-corrected chi connectivity index (χ4v) is 5.29. The number of hydrogen-bond donors (Lipinski definition) is 2. The minimum atomic E-state index is -3.89. The third-order valence-corrected chi connectivity index (χ3v) is 6.02. The quantitative estimate of drug-likeness (QED) is 0.738. The predicted octanol–water partition coefficient (Wildman–Crippen LogP) is 3.15. The Bertz CT molecular complexity index is 570. The maximum atomic E-state index is 12.2. The molecule has 0 fully saturated rings. The number of aliphatic hydroxyl groups is 1. The van der Waals surface area contributed by atoms with E-state index in [4.69, 9.17) is 23.2 Å². The molecule has 114 valence electrons. The van der Waals surface area contributed by atoms with Gasteiger partial charge in [0, 0.05) is 16.8 Å². The summed E-state index contributed by atoms with van der Waals surface area (Å²) in [5, 5.41) is 10.0. The van der Waals surface area contributed by atoms with Crippen LogP contribution in [-0.2, 0) is 10.0 Å². The van der Waals surface area contributed by atoms with Gasteiger partial charge in [-0.15, -0.1) is 0 Å². The molecule has 0 bridgehead atoms. The third kappa shape index (κ3) is 5.05. The fraction of sp³-hybridized carbons (Fsp3) is 0.455. The number of halogens is 3. The van der Waals surface area contributed by atoms with Crippen LogP contribution in [0.15, 0.2) is 21.5 Å². The number of benzene rings is 1. The Labute approximate surface area is 141 Å². The summed E-state index contributed by atoms with van der Waals surface area (Å²) in [4.78, 5) is -0.191. The number of thioether (sulfide) groups is 1. The molecule has 2 N–H and O–H groups in total. The van der Waals surface area contributed by atoms with Crippen molar-refractivity contribution in [2.45, 2.75) is 17.4 Å². The summed E-state index contributed by atoms with van der Waals surface area (Å²) in [7, 11) is -3.89.